The molecule has 1 atom stereocenters. The molecule has 5 nitrogen and oxygen atoms in total. The molecule has 3 amide bonds. The molecule has 1 saturated heterocycles. The van der Waals surface area contributed by atoms with Gasteiger partial charge in [-0.2, -0.15) is 0 Å². The molecule has 1 aromatic rings. The van der Waals surface area contributed by atoms with Gasteiger partial charge in [-0.3, -0.25) is 4.79 Å². The Balaban J connectivity index is 1.62. The minimum Gasteiger partial charge on any atom is -0.349 e. The van der Waals surface area contributed by atoms with E-state index < -0.39 is 0 Å². The van der Waals surface area contributed by atoms with Crippen molar-refractivity contribution >= 4 is 11.9 Å². The molecule has 1 aliphatic heterocycles. The fraction of sp³-hybridized carbons (Fsp3) is 0.636. The molecule has 1 N–H and O–H groups in total. The molecule has 1 aliphatic carbocycles. The summed E-state index contributed by atoms with van der Waals surface area (Å²) in [5, 5.41) is 3.39. The monoisotopic (exact) mass is 371 g/mol. The highest BCUT2D eigenvalue weighted by atomic mass is 16.2. The first kappa shape index (κ1) is 19.7. The number of rotatable bonds is 4. The first-order valence-electron chi connectivity index (χ1n) is 10.4. The van der Waals surface area contributed by atoms with Gasteiger partial charge in [0.05, 0.1) is 6.04 Å². The van der Waals surface area contributed by atoms with Crippen LogP contribution in [0, 0.1) is 11.8 Å². The fourth-order valence-electron chi connectivity index (χ4n) is 4.49. The number of piperidine rings is 1. The molecule has 1 unspecified atom stereocenters. The van der Waals surface area contributed by atoms with E-state index in [9.17, 15) is 9.59 Å². The zero-order valence-electron chi connectivity index (χ0n) is 16.7. The smallest absolute Gasteiger partial charge is 0.319 e. The minimum atomic E-state index is 0.00557. The van der Waals surface area contributed by atoms with Crippen LogP contribution in [0.3, 0.4) is 0 Å². The molecule has 5 heteroatoms. The van der Waals surface area contributed by atoms with Crippen molar-refractivity contribution in [2.24, 2.45) is 11.8 Å². The van der Waals surface area contributed by atoms with Gasteiger partial charge in [-0.1, -0.05) is 49.6 Å². The number of urea groups is 1. The van der Waals surface area contributed by atoms with Crippen molar-refractivity contribution < 1.29 is 9.59 Å². The Morgan fingerprint density at radius 1 is 1.00 bits per heavy atom. The van der Waals surface area contributed by atoms with Crippen LogP contribution in [-0.4, -0.2) is 48.9 Å². The van der Waals surface area contributed by atoms with Gasteiger partial charge >= 0.3 is 6.03 Å². The van der Waals surface area contributed by atoms with Crippen molar-refractivity contribution in [1.29, 1.82) is 0 Å². The molecule has 3 rings (SSSR count). The Morgan fingerprint density at radius 2 is 1.63 bits per heavy atom. The Bertz CT molecular complexity index is 618. The molecule has 2 fully saturated rings. The zero-order valence-corrected chi connectivity index (χ0v) is 16.7. The van der Waals surface area contributed by atoms with E-state index >= 15 is 0 Å². The van der Waals surface area contributed by atoms with Crippen LogP contribution in [0.4, 0.5) is 4.79 Å². The Kier molecular flexibility index (Phi) is 6.75. The van der Waals surface area contributed by atoms with E-state index in [1.54, 1.807) is 19.0 Å². The van der Waals surface area contributed by atoms with Crippen molar-refractivity contribution in [3.63, 3.8) is 0 Å². The summed E-state index contributed by atoms with van der Waals surface area (Å²) in [4.78, 5) is 28.6. The molecule has 0 radical (unpaired) electrons. The van der Waals surface area contributed by atoms with Gasteiger partial charge in [0.15, 0.2) is 0 Å². The lowest BCUT2D eigenvalue weighted by Gasteiger charge is -2.35. The molecule has 1 saturated carbocycles. The number of nitrogens with one attached hydrogen (secondary N) is 1. The molecule has 1 aromatic carbocycles. The second-order valence-electron chi connectivity index (χ2n) is 8.23. The van der Waals surface area contributed by atoms with E-state index in [4.69, 9.17) is 0 Å². The second-order valence-corrected chi connectivity index (χ2v) is 8.23. The van der Waals surface area contributed by atoms with Crippen molar-refractivity contribution in [2.45, 2.75) is 51.0 Å². The van der Waals surface area contributed by atoms with Crippen LogP contribution in [0.1, 0.15) is 56.6 Å². The lowest BCUT2D eigenvalue weighted by molar-refractivity contribution is -0.127. The van der Waals surface area contributed by atoms with Gasteiger partial charge in [0, 0.05) is 33.1 Å². The van der Waals surface area contributed by atoms with Crippen molar-refractivity contribution in [3.8, 4) is 0 Å². The van der Waals surface area contributed by atoms with Crippen LogP contribution in [0.2, 0.25) is 0 Å². The Hall–Kier alpha value is -2.04. The van der Waals surface area contributed by atoms with E-state index in [0.29, 0.717) is 19.0 Å². The highest BCUT2D eigenvalue weighted by molar-refractivity contribution is 5.80. The Labute approximate surface area is 163 Å². The minimum absolute atomic E-state index is 0.00557. The topological polar surface area (TPSA) is 52.7 Å². The van der Waals surface area contributed by atoms with Gasteiger partial charge in [-0.25, -0.2) is 4.79 Å². The zero-order chi connectivity index (χ0) is 19.2. The number of hydrogen-bond acceptors (Lipinski definition) is 2. The van der Waals surface area contributed by atoms with Gasteiger partial charge in [-0.15, -0.1) is 0 Å². The fourth-order valence-corrected chi connectivity index (χ4v) is 4.49. The second kappa shape index (κ2) is 9.25. The van der Waals surface area contributed by atoms with Crippen molar-refractivity contribution in [1.82, 2.24) is 15.1 Å². The number of carbonyl (C=O) groups is 2. The number of carbonyl (C=O) groups excluding carboxylic acids is 2. The molecule has 27 heavy (non-hydrogen) atoms. The quantitative estimate of drug-likeness (QED) is 0.875. The van der Waals surface area contributed by atoms with E-state index in [0.717, 1.165) is 12.8 Å². The lowest BCUT2D eigenvalue weighted by atomic mass is 9.80. The maximum absolute atomic E-state index is 13.0. The largest absolute Gasteiger partial charge is 0.349 e. The SMILES string of the molecule is CN(C)C(=O)N1CCC(C(=O)NC(c2ccccc2)C2CCCCC2)CC1. The summed E-state index contributed by atoms with van der Waals surface area (Å²) < 4.78 is 0. The summed E-state index contributed by atoms with van der Waals surface area (Å²) in [6, 6.07) is 10.6. The number of benzene rings is 1. The molecule has 148 valence electrons. The predicted molar refractivity (Wildman–Crippen MR) is 107 cm³/mol. The summed E-state index contributed by atoms with van der Waals surface area (Å²) in [6.45, 7) is 1.32. The molecule has 0 aromatic heterocycles. The summed E-state index contributed by atoms with van der Waals surface area (Å²) in [5.41, 5.74) is 1.22. The maximum Gasteiger partial charge on any atom is 0.319 e. The summed E-state index contributed by atoms with van der Waals surface area (Å²) >= 11 is 0. The van der Waals surface area contributed by atoms with Gasteiger partial charge in [-0.05, 0) is 37.2 Å². The molecular formula is C22H33N3O2. The van der Waals surface area contributed by atoms with Crippen LogP contribution in [0.15, 0.2) is 30.3 Å². The van der Waals surface area contributed by atoms with Crippen LogP contribution < -0.4 is 5.32 Å². The van der Waals surface area contributed by atoms with Gasteiger partial charge in [0.2, 0.25) is 5.91 Å². The first-order chi connectivity index (χ1) is 13.1. The predicted octanol–water partition coefficient (Wildman–Crippen LogP) is 3.82. The molecule has 2 aliphatic rings. The first-order valence-corrected chi connectivity index (χ1v) is 10.4. The van der Waals surface area contributed by atoms with E-state index in [1.807, 2.05) is 11.0 Å². The normalized spacial score (nSPS) is 20.1. The average molecular weight is 372 g/mol. The van der Waals surface area contributed by atoms with E-state index in [2.05, 4.69) is 29.6 Å². The number of amides is 3. The van der Waals surface area contributed by atoms with Crippen LogP contribution in [-0.2, 0) is 4.79 Å². The summed E-state index contributed by atoms with van der Waals surface area (Å²) in [7, 11) is 3.55. The van der Waals surface area contributed by atoms with Gasteiger partial charge in [0.1, 0.15) is 0 Å². The highest BCUT2D eigenvalue weighted by Gasteiger charge is 2.32. The number of nitrogens with zero attached hydrogens (tertiary/aromatic N) is 2. The lowest BCUT2D eigenvalue weighted by Crippen LogP contribution is -2.47. The van der Waals surface area contributed by atoms with Crippen LogP contribution >= 0.6 is 0 Å². The summed E-state index contributed by atoms with van der Waals surface area (Å²) in [6.07, 6.45) is 7.70. The standard InChI is InChI=1S/C22H33N3O2/c1-24(2)22(27)25-15-13-19(14-16-25)21(26)23-20(17-9-5-3-6-10-17)18-11-7-4-8-12-18/h3,5-6,9-10,18-20H,4,7-8,11-16H2,1-2H3,(H,23,26). The van der Waals surface area contributed by atoms with E-state index in [-0.39, 0.29) is 23.9 Å². The third-order valence-corrected chi connectivity index (χ3v) is 6.10. The average Bonchev–Trinajstić information content (AvgIpc) is 2.72. The summed E-state index contributed by atoms with van der Waals surface area (Å²) in [5.74, 6) is 0.693. The third-order valence-electron chi connectivity index (χ3n) is 6.10. The van der Waals surface area contributed by atoms with Crippen molar-refractivity contribution in [3.05, 3.63) is 35.9 Å². The molecule has 1 heterocycles. The number of likely N-dealkylation sites (tertiary alicyclic amines) is 1. The molecule has 0 spiro atoms. The van der Waals surface area contributed by atoms with E-state index in [1.165, 1.54) is 37.7 Å². The maximum atomic E-state index is 13.0. The van der Waals surface area contributed by atoms with Crippen LogP contribution in [0.5, 0.6) is 0 Å². The van der Waals surface area contributed by atoms with Crippen LogP contribution in [0.25, 0.3) is 0 Å². The highest BCUT2D eigenvalue weighted by Crippen LogP contribution is 2.35. The van der Waals surface area contributed by atoms with Crippen molar-refractivity contribution in [2.75, 3.05) is 27.2 Å². The van der Waals surface area contributed by atoms with Gasteiger partial charge < -0.3 is 15.1 Å². The molecular weight excluding hydrogens is 338 g/mol. The van der Waals surface area contributed by atoms with Gasteiger partial charge in [0.25, 0.3) is 0 Å². The Morgan fingerprint density at radius 3 is 2.22 bits per heavy atom. The molecule has 0 bridgehead atoms. The number of hydrogen-bond donors (Lipinski definition) is 1. The third kappa shape index (κ3) is 5.02.